The Balaban J connectivity index is 0.00000336. The number of hydrogen-bond donors (Lipinski definition) is 2. The van der Waals surface area contributed by atoms with Crippen molar-refractivity contribution in [1.29, 1.82) is 0 Å². The number of carbonyl (C=O) groups excluding carboxylic acids is 1. The molecule has 38 heavy (non-hydrogen) atoms. The van der Waals surface area contributed by atoms with E-state index in [2.05, 4.69) is 58.9 Å². The van der Waals surface area contributed by atoms with Crippen LogP contribution >= 0.6 is 0 Å². The van der Waals surface area contributed by atoms with Gasteiger partial charge < -0.3 is 9.72 Å². The van der Waals surface area contributed by atoms with Crippen LogP contribution in [0.3, 0.4) is 0 Å². The van der Waals surface area contributed by atoms with Gasteiger partial charge in [-0.1, -0.05) is 7.43 Å². The zero-order chi connectivity index (χ0) is 25.8. The molecule has 0 spiro atoms. The Kier molecular flexibility index (Phi) is 8.59. The van der Waals surface area contributed by atoms with Crippen LogP contribution in [0.2, 0.25) is 0 Å². The lowest BCUT2D eigenvalue weighted by Crippen LogP contribution is -2.48. The van der Waals surface area contributed by atoms with Crippen molar-refractivity contribution in [1.82, 2.24) is 39.7 Å². The smallest absolute Gasteiger partial charge is 0.413 e. The van der Waals surface area contributed by atoms with Crippen LogP contribution in [0.5, 0.6) is 0 Å². The molecule has 0 bridgehead atoms. The zero-order valence-corrected chi connectivity index (χ0v) is 21.3. The van der Waals surface area contributed by atoms with E-state index in [9.17, 15) is 4.79 Å². The summed E-state index contributed by atoms with van der Waals surface area (Å²) in [6.45, 7) is 11.4. The van der Waals surface area contributed by atoms with Gasteiger partial charge in [0.05, 0.1) is 18.7 Å². The first-order chi connectivity index (χ1) is 18.0. The molecule has 4 heterocycles. The van der Waals surface area contributed by atoms with Crippen molar-refractivity contribution in [3.05, 3.63) is 48.8 Å². The summed E-state index contributed by atoms with van der Waals surface area (Å²) in [4.78, 5) is 42.6. The number of anilines is 1. The van der Waals surface area contributed by atoms with Crippen LogP contribution in [0.1, 0.15) is 34.0 Å². The highest BCUT2D eigenvalue weighted by Crippen LogP contribution is 2.32. The Bertz CT molecular complexity index is 1350. The van der Waals surface area contributed by atoms with Crippen molar-refractivity contribution in [2.45, 2.75) is 40.8 Å². The highest BCUT2D eigenvalue weighted by atomic mass is 16.5. The molecule has 4 aromatic rings. The monoisotopic (exact) mass is 517 g/mol. The summed E-state index contributed by atoms with van der Waals surface area (Å²) in [5.41, 5.74) is 3.84. The minimum absolute atomic E-state index is 0. The molecule has 2 N–H and O–H groups in total. The lowest BCUT2D eigenvalue weighted by Gasteiger charge is -2.36. The SMILES string of the molecule is C.CCOC(=O)Nc1nc2c(-c3ncccn3)cc(-c3cnc(CN4CCN(C(C)C)CC4)nc3)cc2[nH]1. The Hall–Kier alpha value is -3.96. The van der Waals surface area contributed by atoms with Crippen LogP contribution < -0.4 is 5.32 Å². The highest BCUT2D eigenvalue weighted by Gasteiger charge is 2.20. The number of nitrogens with one attached hydrogen (secondary N) is 2. The van der Waals surface area contributed by atoms with Crippen molar-refractivity contribution in [2.24, 2.45) is 0 Å². The Labute approximate surface area is 222 Å². The molecule has 0 unspecified atom stereocenters. The summed E-state index contributed by atoms with van der Waals surface area (Å²) < 4.78 is 4.97. The van der Waals surface area contributed by atoms with Crippen molar-refractivity contribution in [3.63, 3.8) is 0 Å². The number of benzene rings is 1. The predicted molar refractivity (Wildman–Crippen MR) is 148 cm³/mol. The van der Waals surface area contributed by atoms with Crippen LogP contribution in [0.15, 0.2) is 43.0 Å². The number of nitrogens with zero attached hydrogens (tertiary/aromatic N) is 7. The van der Waals surface area contributed by atoms with Gasteiger partial charge in [-0.3, -0.25) is 15.1 Å². The minimum Gasteiger partial charge on any atom is -0.450 e. The molecule has 1 aliphatic heterocycles. The van der Waals surface area contributed by atoms with E-state index in [1.165, 1.54) is 0 Å². The molecule has 1 aromatic carbocycles. The average molecular weight is 518 g/mol. The maximum absolute atomic E-state index is 11.9. The van der Waals surface area contributed by atoms with Gasteiger partial charge in [0.2, 0.25) is 5.95 Å². The second-order valence-corrected chi connectivity index (χ2v) is 9.22. The number of carbonyl (C=O) groups is 1. The van der Waals surface area contributed by atoms with E-state index in [1.807, 2.05) is 24.5 Å². The summed E-state index contributed by atoms with van der Waals surface area (Å²) in [7, 11) is 0. The molecule has 1 fully saturated rings. The van der Waals surface area contributed by atoms with Gasteiger partial charge in [-0.05, 0) is 44.5 Å². The summed E-state index contributed by atoms with van der Waals surface area (Å²) in [5.74, 6) is 1.62. The van der Waals surface area contributed by atoms with Gasteiger partial charge in [-0.25, -0.2) is 29.7 Å². The van der Waals surface area contributed by atoms with Gasteiger partial charge >= 0.3 is 6.09 Å². The Morgan fingerprint density at radius 3 is 2.42 bits per heavy atom. The van der Waals surface area contributed by atoms with Crippen LogP contribution in [0, 0.1) is 0 Å². The van der Waals surface area contributed by atoms with Crippen molar-refractivity contribution < 1.29 is 9.53 Å². The molecular formula is C27H35N9O2. The summed E-state index contributed by atoms with van der Waals surface area (Å²) in [6, 6.07) is 6.26. The normalized spacial score (nSPS) is 14.4. The van der Waals surface area contributed by atoms with E-state index in [-0.39, 0.29) is 20.0 Å². The average Bonchev–Trinajstić information content (AvgIpc) is 3.31. The number of H-pyrrole nitrogens is 1. The maximum atomic E-state index is 11.9. The highest BCUT2D eigenvalue weighted by molar-refractivity contribution is 5.96. The number of imidazole rings is 1. The second-order valence-electron chi connectivity index (χ2n) is 9.22. The van der Waals surface area contributed by atoms with E-state index >= 15 is 0 Å². The van der Waals surface area contributed by atoms with Gasteiger partial charge in [-0.2, -0.15) is 0 Å². The fourth-order valence-electron chi connectivity index (χ4n) is 4.44. The van der Waals surface area contributed by atoms with E-state index < -0.39 is 6.09 Å². The minimum atomic E-state index is -0.575. The fourth-order valence-corrected chi connectivity index (χ4v) is 4.44. The van der Waals surface area contributed by atoms with Crippen molar-refractivity contribution >= 4 is 23.1 Å². The standard InChI is InChI=1S/C26H31N9O2.CH4/c1-4-37-26(36)33-25-31-21-13-18(12-20(23(21)32-25)24-27-6-5-7-28-24)19-14-29-22(30-15-19)16-34-8-10-35(11-9-34)17(2)3;/h5-7,12-15,17H,4,8-11,16H2,1-3H3,(H2,31,32,33,36);1H4. The first-order valence-corrected chi connectivity index (χ1v) is 12.5. The molecule has 200 valence electrons. The number of rotatable bonds is 7. The van der Waals surface area contributed by atoms with Gasteiger partial charge in [-0.15, -0.1) is 0 Å². The van der Waals surface area contributed by atoms with Crippen molar-refractivity contribution in [2.75, 3.05) is 38.1 Å². The predicted octanol–water partition coefficient (Wildman–Crippen LogP) is 4.21. The second kappa shape index (κ2) is 12.1. The van der Waals surface area contributed by atoms with Crippen molar-refractivity contribution in [3.8, 4) is 22.5 Å². The molecule has 0 atom stereocenters. The number of ether oxygens (including phenoxy) is 1. The molecule has 1 amide bonds. The molecule has 11 heteroatoms. The lowest BCUT2D eigenvalue weighted by molar-refractivity contribution is 0.102. The van der Waals surface area contributed by atoms with Gasteiger partial charge in [0, 0.05) is 68.1 Å². The summed E-state index contributed by atoms with van der Waals surface area (Å²) in [6.07, 6.45) is 6.48. The molecular weight excluding hydrogens is 482 g/mol. The number of fused-ring (bicyclic) bond motifs is 1. The quantitative estimate of drug-likeness (QED) is 0.371. The Morgan fingerprint density at radius 2 is 1.76 bits per heavy atom. The largest absolute Gasteiger partial charge is 0.450 e. The number of hydrogen-bond acceptors (Lipinski definition) is 9. The third-order valence-corrected chi connectivity index (χ3v) is 6.43. The van der Waals surface area contributed by atoms with Crippen LogP contribution in [-0.2, 0) is 11.3 Å². The molecule has 11 nitrogen and oxygen atoms in total. The molecule has 0 aliphatic carbocycles. The number of amides is 1. The third kappa shape index (κ3) is 6.12. The van der Waals surface area contributed by atoms with E-state index in [0.29, 0.717) is 17.4 Å². The zero-order valence-electron chi connectivity index (χ0n) is 21.3. The Morgan fingerprint density at radius 1 is 1.05 bits per heavy atom. The molecule has 1 saturated heterocycles. The lowest BCUT2D eigenvalue weighted by atomic mass is 10.0. The number of piperazine rings is 1. The molecule has 0 saturated carbocycles. The van der Waals surface area contributed by atoms with E-state index in [0.717, 1.165) is 60.8 Å². The molecule has 5 rings (SSSR count). The molecule has 0 radical (unpaired) electrons. The third-order valence-electron chi connectivity index (χ3n) is 6.43. The first-order valence-electron chi connectivity index (χ1n) is 12.5. The summed E-state index contributed by atoms with van der Waals surface area (Å²) in [5, 5.41) is 2.62. The van der Waals surface area contributed by atoms with Crippen LogP contribution in [0.25, 0.3) is 33.5 Å². The van der Waals surface area contributed by atoms with Gasteiger partial charge in [0.1, 0.15) is 11.3 Å². The van der Waals surface area contributed by atoms with Crippen LogP contribution in [-0.4, -0.2) is 84.6 Å². The van der Waals surface area contributed by atoms with Gasteiger partial charge in [0.15, 0.2) is 5.82 Å². The van der Waals surface area contributed by atoms with Gasteiger partial charge in [0.25, 0.3) is 0 Å². The fraction of sp³-hybridized carbons (Fsp3) is 0.407. The molecule has 3 aromatic heterocycles. The first kappa shape index (κ1) is 27.1. The number of aromatic amines is 1. The van der Waals surface area contributed by atoms with E-state index in [1.54, 1.807) is 25.4 Å². The number of aromatic nitrogens is 6. The van der Waals surface area contributed by atoms with E-state index in [4.69, 9.17) is 4.74 Å². The maximum Gasteiger partial charge on any atom is 0.413 e. The van der Waals surface area contributed by atoms with Crippen LogP contribution in [0.4, 0.5) is 10.7 Å². The summed E-state index contributed by atoms with van der Waals surface area (Å²) >= 11 is 0. The molecule has 1 aliphatic rings. The topological polar surface area (TPSA) is 125 Å².